The van der Waals surface area contributed by atoms with Crippen LogP contribution < -0.4 is 4.74 Å². The van der Waals surface area contributed by atoms with Crippen molar-refractivity contribution in [1.29, 1.82) is 5.26 Å². The Kier molecular flexibility index (Phi) is 7.41. The van der Waals surface area contributed by atoms with Gasteiger partial charge in [-0.1, -0.05) is 12.1 Å². The van der Waals surface area contributed by atoms with E-state index in [0.29, 0.717) is 36.9 Å². The normalized spacial score (nSPS) is 17.1. The van der Waals surface area contributed by atoms with Crippen molar-refractivity contribution < 1.29 is 23.8 Å². The van der Waals surface area contributed by atoms with E-state index >= 15 is 0 Å². The summed E-state index contributed by atoms with van der Waals surface area (Å²) >= 11 is 0. The van der Waals surface area contributed by atoms with Crippen LogP contribution >= 0.6 is 0 Å². The van der Waals surface area contributed by atoms with E-state index < -0.39 is 11.8 Å². The maximum absolute atomic E-state index is 14.2. The molecule has 0 unspecified atom stereocenters. The zero-order valence-electron chi connectivity index (χ0n) is 22.2. The third-order valence-electron chi connectivity index (χ3n) is 7.39. The van der Waals surface area contributed by atoms with Gasteiger partial charge in [0.15, 0.2) is 5.82 Å². The highest BCUT2D eigenvalue weighted by Gasteiger charge is 2.24. The van der Waals surface area contributed by atoms with Gasteiger partial charge in [-0.05, 0) is 48.7 Å². The number of hydrogen-bond donors (Lipinski definition) is 1. The van der Waals surface area contributed by atoms with Crippen LogP contribution in [-0.4, -0.2) is 61.3 Å². The van der Waals surface area contributed by atoms with Crippen LogP contribution in [0, 0.1) is 17.1 Å². The Balaban J connectivity index is 1.14. The molecule has 1 saturated heterocycles. The maximum Gasteiger partial charge on any atom is 0.335 e. The number of halogens is 1. The zero-order valence-corrected chi connectivity index (χ0v) is 22.2. The maximum atomic E-state index is 14.2. The number of nitrogens with zero attached hydrogens (tertiary/aromatic N) is 6. The largest absolute Gasteiger partial charge is 0.478 e. The van der Waals surface area contributed by atoms with Gasteiger partial charge in [-0.3, -0.25) is 4.90 Å². The monoisotopic (exact) mass is 554 g/mol. The molecule has 4 heterocycles. The minimum Gasteiger partial charge on any atom is -0.478 e. The molecule has 41 heavy (non-hydrogen) atoms. The highest BCUT2D eigenvalue weighted by molar-refractivity contribution is 5.92. The van der Waals surface area contributed by atoms with Gasteiger partial charge in [-0.15, -0.1) is 0 Å². The summed E-state index contributed by atoms with van der Waals surface area (Å²) in [6, 6.07) is 12.8. The molecule has 1 fully saturated rings. The lowest BCUT2D eigenvalue weighted by Crippen LogP contribution is -2.33. The van der Waals surface area contributed by atoms with Gasteiger partial charge in [0.05, 0.1) is 47.4 Å². The van der Waals surface area contributed by atoms with E-state index in [1.165, 1.54) is 12.1 Å². The first-order valence-electron chi connectivity index (χ1n) is 13.4. The molecular weight excluding hydrogens is 527 g/mol. The fourth-order valence-corrected chi connectivity index (χ4v) is 4.98. The fraction of sp³-hybridized carbons (Fsp3) is 0.300. The van der Waals surface area contributed by atoms with Crippen molar-refractivity contribution in [3.05, 3.63) is 88.9 Å². The van der Waals surface area contributed by atoms with E-state index in [1.807, 2.05) is 6.07 Å². The molecule has 0 saturated carbocycles. The summed E-state index contributed by atoms with van der Waals surface area (Å²) in [6.45, 7) is 3.41. The third kappa shape index (κ3) is 5.79. The highest BCUT2D eigenvalue weighted by Crippen LogP contribution is 2.26. The number of rotatable bonds is 9. The first kappa shape index (κ1) is 26.6. The lowest BCUT2D eigenvalue weighted by atomic mass is 10.1. The van der Waals surface area contributed by atoms with Crippen molar-refractivity contribution in [3.63, 3.8) is 0 Å². The van der Waals surface area contributed by atoms with Crippen LogP contribution in [0.3, 0.4) is 0 Å². The van der Waals surface area contributed by atoms with Gasteiger partial charge in [0.25, 0.3) is 0 Å². The Morgan fingerprint density at radius 1 is 1.22 bits per heavy atom. The molecule has 0 aliphatic carbocycles. The van der Waals surface area contributed by atoms with Gasteiger partial charge in [-0.25, -0.2) is 19.2 Å². The number of benzene rings is 2. The number of aromatic carboxylic acids is 1. The Bertz CT molecular complexity index is 1690. The SMILES string of the molecule is N#Cc1ccc(COc2ccnc(C3=CCN(Cc4nc5ccc(C(=O)O)cc5n4C[C@@H]4CCO4)CC3)n2)c(F)c1. The second-order valence-corrected chi connectivity index (χ2v) is 10.1. The van der Waals surface area contributed by atoms with E-state index in [4.69, 9.17) is 19.7 Å². The van der Waals surface area contributed by atoms with Gasteiger partial charge >= 0.3 is 5.97 Å². The molecule has 0 amide bonds. The summed E-state index contributed by atoms with van der Waals surface area (Å²) in [6.07, 6.45) is 5.51. The Morgan fingerprint density at radius 2 is 2.10 bits per heavy atom. The van der Waals surface area contributed by atoms with Crippen LogP contribution in [0.5, 0.6) is 5.88 Å². The lowest BCUT2D eigenvalue weighted by molar-refractivity contribution is -0.0591. The number of fused-ring (bicyclic) bond motifs is 1. The zero-order chi connectivity index (χ0) is 28.3. The molecular formula is C30H27FN6O4. The molecule has 11 heteroatoms. The number of carbonyl (C=O) groups is 1. The fourth-order valence-electron chi connectivity index (χ4n) is 4.98. The number of aromatic nitrogens is 4. The smallest absolute Gasteiger partial charge is 0.335 e. The Labute approximate surface area is 235 Å². The molecule has 0 radical (unpaired) electrons. The van der Waals surface area contributed by atoms with E-state index in [9.17, 15) is 14.3 Å². The van der Waals surface area contributed by atoms with Gasteiger partial charge in [0.2, 0.25) is 5.88 Å². The van der Waals surface area contributed by atoms with E-state index in [-0.39, 0.29) is 23.8 Å². The second-order valence-electron chi connectivity index (χ2n) is 10.1. The summed E-state index contributed by atoms with van der Waals surface area (Å²) in [5.41, 5.74) is 3.40. The number of imidazole rings is 1. The summed E-state index contributed by atoms with van der Waals surface area (Å²) in [4.78, 5) is 27.6. The minimum atomic E-state index is -0.965. The number of hydrogen-bond acceptors (Lipinski definition) is 8. The lowest BCUT2D eigenvalue weighted by Gasteiger charge is -2.29. The summed E-state index contributed by atoms with van der Waals surface area (Å²) in [5, 5.41) is 18.4. The van der Waals surface area contributed by atoms with Gasteiger partial charge in [0, 0.05) is 37.5 Å². The molecule has 0 spiro atoms. The van der Waals surface area contributed by atoms with Crippen molar-refractivity contribution in [2.45, 2.75) is 38.6 Å². The summed E-state index contributed by atoms with van der Waals surface area (Å²) < 4.78 is 27.7. The molecule has 10 nitrogen and oxygen atoms in total. The molecule has 2 aliphatic heterocycles. The molecule has 2 aromatic carbocycles. The van der Waals surface area contributed by atoms with Crippen molar-refractivity contribution in [1.82, 2.24) is 24.4 Å². The number of carboxylic acid groups (broad SMARTS) is 1. The molecule has 2 aromatic heterocycles. The topological polar surface area (TPSA) is 126 Å². The predicted molar refractivity (Wildman–Crippen MR) is 146 cm³/mol. The predicted octanol–water partition coefficient (Wildman–Crippen LogP) is 4.19. The average Bonchev–Trinajstić information content (AvgIpc) is 3.30. The van der Waals surface area contributed by atoms with E-state index in [2.05, 4.69) is 25.5 Å². The molecule has 2 aliphatic rings. The van der Waals surface area contributed by atoms with Gasteiger partial charge in [-0.2, -0.15) is 10.2 Å². The Hall–Kier alpha value is -4.66. The van der Waals surface area contributed by atoms with E-state index in [0.717, 1.165) is 48.4 Å². The molecule has 0 bridgehead atoms. The highest BCUT2D eigenvalue weighted by atomic mass is 19.1. The van der Waals surface area contributed by atoms with Crippen LogP contribution in [0.25, 0.3) is 16.6 Å². The third-order valence-corrected chi connectivity index (χ3v) is 7.39. The first-order valence-corrected chi connectivity index (χ1v) is 13.4. The van der Waals surface area contributed by atoms with Crippen molar-refractivity contribution in [2.75, 3.05) is 19.7 Å². The number of nitriles is 1. The van der Waals surface area contributed by atoms with Crippen molar-refractivity contribution in [2.24, 2.45) is 0 Å². The molecule has 4 aromatic rings. The second kappa shape index (κ2) is 11.4. The van der Waals surface area contributed by atoms with Crippen molar-refractivity contribution >= 4 is 22.6 Å². The quantitative estimate of drug-likeness (QED) is 0.324. The molecule has 6 rings (SSSR count). The van der Waals surface area contributed by atoms with E-state index in [1.54, 1.807) is 36.5 Å². The van der Waals surface area contributed by atoms with Crippen LogP contribution in [0.15, 0.2) is 54.7 Å². The molecule has 208 valence electrons. The van der Waals surface area contributed by atoms with Gasteiger partial charge in [0.1, 0.15) is 18.2 Å². The van der Waals surface area contributed by atoms with Crippen molar-refractivity contribution in [3.8, 4) is 11.9 Å². The van der Waals surface area contributed by atoms with Crippen LogP contribution in [0.2, 0.25) is 0 Å². The first-order chi connectivity index (χ1) is 20.0. The summed E-state index contributed by atoms with van der Waals surface area (Å²) in [7, 11) is 0. The average molecular weight is 555 g/mol. The summed E-state index contributed by atoms with van der Waals surface area (Å²) in [5.74, 6) is 0.321. The molecule has 1 atom stereocenters. The van der Waals surface area contributed by atoms with Gasteiger partial charge < -0.3 is 19.1 Å². The molecule has 1 N–H and O–H groups in total. The van der Waals surface area contributed by atoms with Crippen LogP contribution in [0.1, 0.15) is 46.0 Å². The number of carboxylic acids is 1. The van der Waals surface area contributed by atoms with Crippen LogP contribution in [0.4, 0.5) is 4.39 Å². The minimum absolute atomic E-state index is 0.0122. The standard InChI is InChI=1S/C30H27FN6O4/c31-24-13-19(15-32)1-2-22(24)18-41-28-5-9-33-29(35-28)20-6-10-36(11-7-20)17-27-34-25-4-3-21(30(38)39)14-26(25)37(27)16-23-8-12-40-23/h1-6,9,13-14,23H,7-8,10-12,16-18H2,(H,38,39)/t23-/m0/s1. The Morgan fingerprint density at radius 3 is 2.80 bits per heavy atom. The van der Waals surface area contributed by atoms with Crippen LogP contribution in [-0.2, 0) is 24.4 Å². The number of ether oxygens (including phenoxy) is 2.